The highest BCUT2D eigenvalue weighted by Crippen LogP contribution is 2.32. The van der Waals surface area contributed by atoms with Crippen LogP contribution in [0.3, 0.4) is 0 Å². The fraction of sp³-hybridized carbons (Fsp3) is 0.200. The highest BCUT2D eigenvalue weighted by Gasteiger charge is 2.21. The standard InChI is InChI=1S/C15H15BrClN3O2/c1-9(16)15-19-11(8-14(17)20(15)18-2)10-5-6-12(21-3)13(7-10)22-4/h5-8H,2H2,1,3-4H3/b15-9+. The molecule has 0 saturated carbocycles. The maximum atomic E-state index is 6.26. The van der Waals surface area contributed by atoms with Gasteiger partial charge in [-0.2, -0.15) is 5.10 Å². The number of aliphatic imine (C=N–C) groups is 1. The van der Waals surface area contributed by atoms with Crippen molar-refractivity contribution in [3.63, 3.8) is 0 Å². The van der Waals surface area contributed by atoms with E-state index in [1.165, 1.54) is 5.01 Å². The summed E-state index contributed by atoms with van der Waals surface area (Å²) in [7, 11) is 3.18. The summed E-state index contributed by atoms with van der Waals surface area (Å²) >= 11 is 9.67. The van der Waals surface area contributed by atoms with Crippen molar-refractivity contribution in [1.29, 1.82) is 0 Å². The van der Waals surface area contributed by atoms with Crippen LogP contribution in [-0.2, 0) is 0 Å². The number of methoxy groups -OCH3 is 2. The summed E-state index contributed by atoms with van der Waals surface area (Å²) in [6, 6.07) is 5.55. The Kier molecular flexibility index (Phi) is 5.26. The van der Waals surface area contributed by atoms with Crippen LogP contribution in [0.25, 0.3) is 0 Å². The van der Waals surface area contributed by atoms with Gasteiger partial charge in [-0.15, -0.1) is 0 Å². The maximum absolute atomic E-state index is 6.26. The molecule has 2 rings (SSSR count). The SMILES string of the molecule is C=NN1C(Cl)=CC(c2ccc(OC)c(OC)c2)=N/C1=C(/C)Br. The first-order valence-corrected chi connectivity index (χ1v) is 7.50. The number of nitrogens with zero attached hydrogens (tertiary/aromatic N) is 3. The van der Waals surface area contributed by atoms with Crippen LogP contribution >= 0.6 is 27.5 Å². The molecular weight excluding hydrogens is 370 g/mol. The number of halogens is 2. The van der Waals surface area contributed by atoms with Crippen molar-refractivity contribution in [2.75, 3.05) is 14.2 Å². The minimum atomic E-state index is 0.406. The summed E-state index contributed by atoms with van der Waals surface area (Å²) in [5.41, 5.74) is 1.55. The monoisotopic (exact) mass is 383 g/mol. The lowest BCUT2D eigenvalue weighted by atomic mass is 10.1. The fourth-order valence-corrected chi connectivity index (χ4v) is 2.46. The van der Waals surface area contributed by atoms with Gasteiger partial charge in [0.05, 0.1) is 19.9 Å². The van der Waals surface area contributed by atoms with E-state index in [4.69, 9.17) is 21.1 Å². The van der Waals surface area contributed by atoms with E-state index in [-0.39, 0.29) is 0 Å². The van der Waals surface area contributed by atoms with Crippen LogP contribution < -0.4 is 9.47 Å². The average molecular weight is 385 g/mol. The molecule has 1 aromatic carbocycles. The Hall–Kier alpha value is -1.79. The first-order chi connectivity index (χ1) is 10.5. The van der Waals surface area contributed by atoms with Crippen LogP contribution in [0.15, 0.2) is 49.8 Å². The highest BCUT2D eigenvalue weighted by molar-refractivity contribution is 9.11. The Morgan fingerprint density at radius 2 is 2.00 bits per heavy atom. The quantitative estimate of drug-likeness (QED) is 0.580. The molecule has 0 bridgehead atoms. The first kappa shape index (κ1) is 16.6. The van der Waals surface area contributed by atoms with E-state index in [0.29, 0.717) is 28.2 Å². The Balaban J connectivity index is 2.53. The smallest absolute Gasteiger partial charge is 0.165 e. The summed E-state index contributed by atoms with van der Waals surface area (Å²) in [4.78, 5) is 4.57. The summed E-state index contributed by atoms with van der Waals surface area (Å²) in [5.74, 6) is 1.85. The van der Waals surface area contributed by atoms with Gasteiger partial charge in [-0.1, -0.05) is 27.5 Å². The van der Waals surface area contributed by atoms with Crippen LogP contribution in [0.2, 0.25) is 0 Å². The van der Waals surface area contributed by atoms with Crippen LogP contribution in [0.5, 0.6) is 11.5 Å². The molecule has 22 heavy (non-hydrogen) atoms. The molecule has 1 aliphatic rings. The molecule has 0 N–H and O–H groups in total. The average Bonchev–Trinajstić information content (AvgIpc) is 2.53. The molecule has 0 fully saturated rings. The molecule has 5 nitrogen and oxygen atoms in total. The lowest BCUT2D eigenvalue weighted by molar-refractivity contribution is 0.355. The normalized spacial score (nSPS) is 16.7. The zero-order valence-corrected chi connectivity index (χ0v) is 14.8. The van der Waals surface area contributed by atoms with E-state index in [2.05, 4.69) is 32.7 Å². The largest absolute Gasteiger partial charge is 0.493 e. The summed E-state index contributed by atoms with van der Waals surface area (Å²) < 4.78 is 11.4. The van der Waals surface area contributed by atoms with Crippen molar-refractivity contribution in [2.24, 2.45) is 10.1 Å². The maximum Gasteiger partial charge on any atom is 0.165 e. The molecule has 0 aliphatic carbocycles. The number of benzene rings is 1. The van der Waals surface area contributed by atoms with Crippen LogP contribution in [-0.4, -0.2) is 31.7 Å². The van der Waals surface area contributed by atoms with Crippen molar-refractivity contribution in [3.05, 3.63) is 45.3 Å². The lowest BCUT2D eigenvalue weighted by Gasteiger charge is -2.23. The number of hydrogen-bond donors (Lipinski definition) is 0. The molecule has 0 spiro atoms. The molecule has 1 aliphatic heterocycles. The second-order valence-electron chi connectivity index (χ2n) is 4.34. The minimum absolute atomic E-state index is 0.406. The van der Waals surface area contributed by atoms with Crippen LogP contribution in [0.4, 0.5) is 0 Å². The number of allylic oxidation sites excluding steroid dienone is 2. The molecular formula is C15H15BrClN3O2. The first-order valence-electron chi connectivity index (χ1n) is 6.33. The third kappa shape index (κ3) is 3.18. The molecule has 0 saturated heterocycles. The van der Waals surface area contributed by atoms with Gasteiger partial charge in [-0.3, -0.25) is 0 Å². The summed E-state index contributed by atoms with van der Waals surface area (Å²) in [5, 5.41) is 5.72. The van der Waals surface area contributed by atoms with Gasteiger partial charge >= 0.3 is 0 Å². The van der Waals surface area contributed by atoms with Gasteiger partial charge in [0.1, 0.15) is 5.16 Å². The van der Waals surface area contributed by atoms with Gasteiger partial charge in [-0.05, 0) is 25.1 Å². The van der Waals surface area contributed by atoms with Crippen molar-refractivity contribution in [1.82, 2.24) is 5.01 Å². The van der Waals surface area contributed by atoms with Crippen molar-refractivity contribution in [3.8, 4) is 11.5 Å². The van der Waals surface area contributed by atoms with Gasteiger partial charge in [-0.25, -0.2) is 10.0 Å². The number of rotatable bonds is 4. The molecule has 7 heteroatoms. The van der Waals surface area contributed by atoms with Gasteiger partial charge < -0.3 is 9.47 Å². The van der Waals surface area contributed by atoms with E-state index in [1.807, 2.05) is 25.1 Å². The van der Waals surface area contributed by atoms with E-state index < -0.39 is 0 Å². The zero-order chi connectivity index (χ0) is 16.3. The molecule has 0 unspecified atom stereocenters. The van der Waals surface area contributed by atoms with E-state index in [1.54, 1.807) is 20.3 Å². The molecule has 0 amide bonds. The van der Waals surface area contributed by atoms with Crippen molar-refractivity contribution in [2.45, 2.75) is 6.92 Å². The summed E-state index contributed by atoms with van der Waals surface area (Å²) in [6.45, 7) is 5.36. The topological polar surface area (TPSA) is 46.4 Å². The van der Waals surface area contributed by atoms with Gasteiger partial charge in [0.25, 0.3) is 0 Å². The molecule has 0 atom stereocenters. The lowest BCUT2D eigenvalue weighted by Crippen LogP contribution is -2.19. The summed E-state index contributed by atoms with van der Waals surface area (Å²) in [6.07, 6.45) is 1.72. The van der Waals surface area contributed by atoms with E-state index in [9.17, 15) is 0 Å². The second-order valence-corrected chi connectivity index (χ2v) is 5.92. The second kappa shape index (κ2) is 6.98. The van der Waals surface area contributed by atoms with Gasteiger partial charge in [0, 0.05) is 22.8 Å². The molecule has 0 radical (unpaired) electrons. The van der Waals surface area contributed by atoms with Gasteiger partial charge in [0.15, 0.2) is 17.3 Å². The van der Waals surface area contributed by atoms with Gasteiger partial charge in [0.2, 0.25) is 0 Å². The number of ether oxygens (including phenoxy) is 2. The van der Waals surface area contributed by atoms with Crippen molar-refractivity contribution >= 4 is 40.0 Å². The minimum Gasteiger partial charge on any atom is -0.493 e. The highest BCUT2D eigenvalue weighted by atomic mass is 79.9. The molecule has 1 aromatic rings. The molecule has 116 valence electrons. The predicted molar refractivity (Wildman–Crippen MR) is 93.0 cm³/mol. The van der Waals surface area contributed by atoms with Crippen LogP contribution in [0.1, 0.15) is 12.5 Å². The fourth-order valence-electron chi connectivity index (χ4n) is 1.97. The number of hydrogen-bond acceptors (Lipinski definition) is 5. The Morgan fingerprint density at radius 3 is 2.55 bits per heavy atom. The Morgan fingerprint density at radius 1 is 1.32 bits per heavy atom. The molecule has 0 aromatic heterocycles. The third-order valence-corrected chi connectivity index (χ3v) is 3.64. The Bertz CT molecular complexity index is 694. The van der Waals surface area contributed by atoms with E-state index in [0.717, 1.165) is 10.0 Å². The molecule has 1 heterocycles. The Labute approximate surface area is 142 Å². The third-order valence-electron chi connectivity index (χ3n) is 3.01. The van der Waals surface area contributed by atoms with E-state index >= 15 is 0 Å². The zero-order valence-electron chi connectivity index (χ0n) is 12.4. The predicted octanol–water partition coefficient (Wildman–Crippen LogP) is 4.09. The number of hydrazone groups is 1. The van der Waals surface area contributed by atoms with Crippen LogP contribution in [0, 0.1) is 0 Å². The van der Waals surface area contributed by atoms with Crippen molar-refractivity contribution < 1.29 is 9.47 Å².